The number of aliphatic hydroxyl groups is 2. The average molecular weight is 514 g/mol. The van der Waals surface area contributed by atoms with E-state index in [4.69, 9.17) is 5.11 Å². The van der Waals surface area contributed by atoms with Gasteiger partial charge in [0, 0.05) is 19.3 Å². The van der Waals surface area contributed by atoms with E-state index in [1.165, 1.54) is 12.1 Å². The molecule has 2 aromatic carbocycles. The van der Waals surface area contributed by atoms with E-state index in [2.05, 4.69) is 5.32 Å². The number of carbonyl (C=O) groups is 2. The number of anilines is 1. The van der Waals surface area contributed by atoms with E-state index in [9.17, 15) is 24.2 Å². The maximum atomic E-state index is 13.6. The summed E-state index contributed by atoms with van der Waals surface area (Å²) in [5.74, 6) is -1.70. The molecule has 8 nitrogen and oxygen atoms in total. The van der Waals surface area contributed by atoms with Gasteiger partial charge in [0.2, 0.25) is 0 Å². The molecule has 1 unspecified atom stereocenters. The van der Waals surface area contributed by atoms with Crippen molar-refractivity contribution in [3.8, 4) is 0 Å². The molecule has 1 heterocycles. The highest BCUT2D eigenvalue weighted by Gasteiger charge is 2.39. The number of halogens is 1. The molecule has 9 heteroatoms. The lowest BCUT2D eigenvalue weighted by Crippen LogP contribution is -2.47. The van der Waals surface area contributed by atoms with Crippen molar-refractivity contribution in [2.75, 3.05) is 11.6 Å². The van der Waals surface area contributed by atoms with E-state index < -0.39 is 24.6 Å². The highest BCUT2D eigenvalue weighted by atomic mass is 19.1. The first-order valence-electron chi connectivity index (χ1n) is 12.5. The Labute approximate surface area is 217 Å². The smallest absolute Gasteiger partial charge is 0.305 e. The molecule has 0 aliphatic carbocycles. The van der Waals surface area contributed by atoms with Gasteiger partial charge in [0.05, 0.1) is 35.9 Å². The van der Waals surface area contributed by atoms with Gasteiger partial charge in [-0.25, -0.2) is 9.40 Å². The van der Waals surface area contributed by atoms with Gasteiger partial charge in [0.25, 0.3) is 5.91 Å². The van der Waals surface area contributed by atoms with Crippen LogP contribution in [0.5, 0.6) is 0 Å². The number of nitrogens with zero attached hydrogens (tertiary/aromatic N) is 2. The molecule has 0 saturated heterocycles. The molecule has 0 radical (unpaired) electrons. The van der Waals surface area contributed by atoms with Crippen LogP contribution in [0.4, 0.5) is 10.1 Å². The monoisotopic (exact) mass is 513 g/mol. The fourth-order valence-corrected chi connectivity index (χ4v) is 4.52. The molecule has 0 bridgehead atoms. The number of carboxylic acids is 1. The Morgan fingerprint density at radius 1 is 1.03 bits per heavy atom. The largest absolute Gasteiger partial charge is 0.481 e. The summed E-state index contributed by atoms with van der Waals surface area (Å²) in [5, 5.41) is 36.0. The van der Waals surface area contributed by atoms with Crippen LogP contribution in [0.25, 0.3) is 0 Å². The van der Waals surface area contributed by atoms with Crippen molar-refractivity contribution in [1.82, 2.24) is 10.3 Å². The molecule has 4 N–H and O–H groups in total. The van der Waals surface area contributed by atoms with Gasteiger partial charge >= 0.3 is 5.97 Å². The molecule has 1 amide bonds. The molecular formula is C28H36FN3O5. The molecule has 1 aliphatic rings. The summed E-state index contributed by atoms with van der Waals surface area (Å²) in [7, 11) is 0. The number of aliphatic carboxylic acids is 1. The Morgan fingerprint density at radius 3 is 2.27 bits per heavy atom. The van der Waals surface area contributed by atoms with E-state index in [-0.39, 0.29) is 36.5 Å². The number of aryl methyl sites for hydroxylation is 1. The topological polar surface area (TPSA) is 113 Å². The number of carbonyl (C=O) groups excluding carboxylic acids is 1. The summed E-state index contributed by atoms with van der Waals surface area (Å²) in [4.78, 5) is 24.2. The third-order valence-corrected chi connectivity index (χ3v) is 6.38. The van der Waals surface area contributed by atoms with Crippen molar-refractivity contribution in [2.45, 2.75) is 64.8 Å². The second-order valence-corrected chi connectivity index (χ2v) is 9.86. The van der Waals surface area contributed by atoms with Gasteiger partial charge in [-0.3, -0.25) is 14.6 Å². The predicted octanol–water partition coefficient (Wildman–Crippen LogP) is 3.37. The summed E-state index contributed by atoms with van der Waals surface area (Å²) in [6.07, 6.45) is -0.611. The minimum atomic E-state index is -1.15. The highest BCUT2D eigenvalue weighted by Crippen LogP contribution is 2.33. The van der Waals surface area contributed by atoms with E-state index in [1.807, 2.05) is 50.0 Å². The van der Waals surface area contributed by atoms with Crippen molar-refractivity contribution < 1.29 is 29.3 Å². The standard InChI is InChI=1S/C28H36FN3O5/c1-18(2)27-25(28(37)30-16-20-6-4-19(3)5-7-20)17-32(22-10-8-21(29)9-11-22)31(27)13-12-23(33)14-24(34)15-26(35)36/h4-11,17-18,23-24,27,33-34H,12-16H2,1-3H3,(H,30,37)(H,35,36)/t23-,24-,27?/m1/s1. The zero-order chi connectivity index (χ0) is 27.1. The van der Waals surface area contributed by atoms with Gasteiger partial charge in [0.1, 0.15) is 5.82 Å². The molecule has 0 saturated carbocycles. The molecule has 1 aliphatic heterocycles. The third kappa shape index (κ3) is 7.85. The number of carboxylic acid groups (broad SMARTS) is 1. The van der Waals surface area contributed by atoms with Gasteiger partial charge in [0.15, 0.2) is 0 Å². The summed E-state index contributed by atoms with van der Waals surface area (Å²) >= 11 is 0. The van der Waals surface area contributed by atoms with Crippen LogP contribution in [-0.2, 0) is 16.1 Å². The summed E-state index contributed by atoms with van der Waals surface area (Å²) in [5.41, 5.74) is 3.33. The fourth-order valence-electron chi connectivity index (χ4n) is 4.52. The van der Waals surface area contributed by atoms with Crippen molar-refractivity contribution >= 4 is 17.6 Å². The molecule has 3 rings (SSSR count). The van der Waals surface area contributed by atoms with Gasteiger partial charge in [-0.15, -0.1) is 0 Å². The maximum absolute atomic E-state index is 13.6. The number of amides is 1. The quantitative estimate of drug-likeness (QED) is 0.344. The predicted molar refractivity (Wildman–Crippen MR) is 139 cm³/mol. The third-order valence-electron chi connectivity index (χ3n) is 6.38. The van der Waals surface area contributed by atoms with Crippen LogP contribution in [0.1, 0.15) is 44.2 Å². The van der Waals surface area contributed by atoms with Crippen LogP contribution in [0, 0.1) is 18.7 Å². The number of aliphatic hydroxyl groups excluding tert-OH is 2. The second-order valence-electron chi connectivity index (χ2n) is 9.86. The minimum absolute atomic E-state index is 0.0246. The van der Waals surface area contributed by atoms with Gasteiger partial charge in [-0.1, -0.05) is 43.7 Å². The molecule has 200 valence electrons. The van der Waals surface area contributed by atoms with E-state index in [0.717, 1.165) is 11.1 Å². The number of hydrogen-bond acceptors (Lipinski definition) is 6. The lowest BCUT2D eigenvalue weighted by Gasteiger charge is -2.36. The minimum Gasteiger partial charge on any atom is -0.481 e. The number of benzene rings is 2. The molecule has 2 aromatic rings. The normalized spacial score (nSPS) is 17.5. The van der Waals surface area contributed by atoms with Crippen molar-refractivity contribution in [1.29, 1.82) is 0 Å². The van der Waals surface area contributed by atoms with Gasteiger partial charge < -0.3 is 20.6 Å². The van der Waals surface area contributed by atoms with E-state index in [0.29, 0.717) is 24.4 Å². The second kappa shape index (κ2) is 12.8. The fraction of sp³-hybridized carbons (Fsp3) is 0.429. The Kier molecular flexibility index (Phi) is 9.79. The van der Waals surface area contributed by atoms with Crippen molar-refractivity contribution in [3.63, 3.8) is 0 Å². The number of rotatable bonds is 12. The summed E-state index contributed by atoms with van der Waals surface area (Å²) in [6.45, 7) is 6.70. The molecule has 37 heavy (non-hydrogen) atoms. The SMILES string of the molecule is Cc1ccc(CNC(=O)C2=CN(c3ccc(F)cc3)N(CC[C@@H](O)C[C@@H](O)CC(=O)O)C2C(C)C)cc1. The lowest BCUT2D eigenvalue weighted by atomic mass is 9.95. The maximum Gasteiger partial charge on any atom is 0.305 e. The Morgan fingerprint density at radius 2 is 1.68 bits per heavy atom. The van der Waals surface area contributed by atoms with Crippen LogP contribution < -0.4 is 10.3 Å². The van der Waals surface area contributed by atoms with E-state index >= 15 is 0 Å². The van der Waals surface area contributed by atoms with Crippen molar-refractivity contribution in [2.24, 2.45) is 5.92 Å². The number of nitrogens with one attached hydrogen (secondary N) is 1. The Hall–Kier alpha value is -3.27. The van der Waals surface area contributed by atoms with Crippen LogP contribution in [-0.4, -0.2) is 57.0 Å². The van der Waals surface area contributed by atoms with Crippen molar-refractivity contribution in [3.05, 3.63) is 77.2 Å². The Balaban J connectivity index is 1.79. The van der Waals surface area contributed by atoms with E-state index in [1.54, 1.807) is 23.3 Å². The Bertz CT molecular complexity index is 1090. The number of hydrazine groups is 1. The first kappa shape index (κ1) is 28.3. The summed E-state index contributed by atoms with van der Waals surface area (Å²) in [6, 6.07) is 13.5. The lowest BCUT2D eigenvalue weighted by molar-refractivity contribution is -0.139. The zero-order valence-electron chi connectivity index (χ0n) is 21.5. The van der Waals surface area contributed by atoms with Crippen LogP contribution in [0.3, 0.4) is 0 Å². The van der Waals surface area contributed by atoms with Crippen LogP contribution in [0.2, 0.25) is 0 Å². The van der Waals surface area contributed by atoms with Crippen LogP contribution in [0.15, 0.2) is 60.3 Å². The van der Waals surface area contributed by atoms with Crippen LogP contribution >= 0.6 is 0 Å². The number of hydrogen-bond donors (Lipinski definition) is 4. The zero-order valence-corrected chi connectivity index (χ0v) is 21.5. The first-order valence-corrected chi connectivity index (χ1v) is 12.5. The summed E-state index contributed by atoms with van der Waals surface area (Å²) < 4.78 is 13.6. The first-order chi connectivity index (χ1) is 17.5. The molecule has 0 spiro atoms. The molecule has 0 aromatic heterocycles. The molecule has 3 atom stereocenters. The van der Waals surface area contributed by atoms with Gasteiger partial charge in [-0.05, 0) is 55.5 Å². The molecular weight excluding hydrogens is 477 g/mol. The average Bonchev–Trinajstić information content (AvgIpc) is 3.22. The van der Waals surface area contributed by atoms with Gasteiger partial charge in [-0.2, -0.15) is 0 Å². The molecule has 0 fully saturated rings. The highest BCUT2D eigenvalue weighted by molar-refractivity contribution is 5.96.